The summed E-state index contributed by atoms with van der Waals surface area (Å²) in [7, 11) is 0. The number of aryl methyl sites for hydroxylation is 1. The van der Waals surface area contributed by atoms with Crippen LogP contribution in [0.25, 0.3) is 0 Å². The molecule has 0 aliphatic carbocycles. The summed E-state index contributed by atoms with van der Waals surface area (Å²) in [5.74, 6) is 0.189. The molecule has 1 heterocycles. The van der Waals surface area contributed by atoms with Crippen molar-refractivity contribution in [3.8, 4) is 0 Å². The van der Waals surface area contributed by atoms with Crippen LogP contribution in [0.5, 0.6) is 0 Å². The molecule has 0 atom stereocenters. The zero-order chi connectivity index (χ0) is 12.0. The Kier molecular flexibility index (Phi) is 4.69. The second-order valence-corrected chi connectivity index (χ2v) is 3.06. The van der Waals surface area contributed by atoms with Crippen LogP contribution in [0.15, 0.2) is 4.52 Å². The molecule has 2 N–H and O–H groups in total. The van der Waals surface area contributed by atoms with Crippen LogP contribution in [-0.4, -0.2) is 29.5 Å². The number of halogens is 3. The van der Waals surface area contributed by atoms with E-state index in [0.717, 1.165) is 0 Å². The molecule has 0 saturated carbocycles. The normalized spacial score (nSPS) is 12.0. The number of nitrogens with two attached hydrogens (primary N) is 1. The zero-order valence-electron chi connectivity index (χ0n) is 8.46. The predicted octanol–water partition coefficient (Wildman–Crippen LogP) is 1.04. The van der Waals surface area contributed by atoms with Crippen LogP contribution in [-0.2, 0) is 17.8 Å². The first-order chi connectivity index (χ1) is 7.51. The fourth-order valence-electron chi connectivity index (χ4n) is 0.947. The molecule has 0 fully saturated rings. The molecule has 0 aromatic carbocycles. The highest BCUT2D eigenvalue weighted by atomic mass is 19.4. The van der Waals surface area contributed by atoms with Crippen LogP contribution in [0.2, 0.25) is 0 Å². The average Bonchev–Trinajstić information content (AvgIpc) is 2.62. The van der Waals surface area contributed by atoms with E-state index in [1.807, 2.05) is 0 Å². The molecular formula is C8H12F3N3O2. The Morgan fingerprint density at radius 1 is 1.38 bits per heavy atom. The molecule has 0 spiro atoms. The Morgan fingerprint density at radius 2 is 2.12 bits per heavy atom. The summed E-state index contributed by atoms with van der Waals surface area (Å²) in [6.07, 6.45) is -5.46. The molecule has 0 saturated heterocycles. The van der Waals surface area contributed by atoms with Crippen molar-refractivity contribution in [2.75, 3.05) is 13.2 Å². The van der Waals surface area contributed by atoms with E-state index in [-0.39, 0.29) is 24.7 Å². The van der Waals surface area contributed by atoms with Crippen molar-refractivity contribution in [2.24, 2.45) is 5.73 Å². The summed E-state index contributed by atoms with van der Waals surface area (Å²) in [5.41, 5.74) is 5.18. The van der Waals surface area contributed by atoms with Crippen molar-refractivity contribution in [1.29, 1.82) is 0 Å². The van der Waals surface area contributed by atoms with Gasteiger partial charge in [0.15, 0.2) is 5.82 Å². The third-order valence-corrected chi connectivity index (χ3v) is 1.63. The fraction of sp³-hybridized carbons (Fsp3) is 0.750. The van der Waals surface area contributed by atoms with Gasteiger partial charge in [-0.25, -0.2) is 0 Å². The van der Waals surface area contributed by atoms with Gasteiger partial charge in [0.05, 0.1) is 13.0 Å². The standard InChI is InChI=1S/C8H12F3N3O2/c9-8(10,11)2-1-6-13-7(16-14-6)5-15-4-3-12/h1-5,12H2. The van der Waals surface area contributed by atoms with E-state index >= 15 is 0 Å². The molecule has 0 unspecified atom stereocenters. The first-order valence-electron chi connectivity index (χ1n) is 4.67. The monoisotopic (exact) mass is 239 g/mol. The number of rotatable bonds is 6. The Bertz CT molecular complexity index is 314. The molecule has 0 aliphatic heterocycles. The summed E-state index contributed by atoms with van der Waals surface area (Å²) in [6, 6.07) is 0. The smallest absolute Gasteiger partial charge is 0.370 e. The van der Waals surface area contributed by atoms with Gasteiger partial charge in [-0.15, -0.1) is 0 Å². The maximum atomic E-state index is 11.9. The number of aromatic nitrogens is 2. The van der Waals surface area contributed by atoms with Crippen molar-refractivity contribution in [2.45, 2.75) is 25.6 Å². The number of ether oxygens (including phenoxy) is 1. The van der Waals surface area contributed by atoms with E-state index in [1.165, 1.54) is 0 Å². The number of hydrogen-bond acceptors (Lipinski definition) is 5. The van der Waals surface area contributed by atoms with E-state index in [1.54, 1.807) is 0 Å². The molecule has 5 nitrogen and oxygen atoms in total. The first-order valence-corrected chi connectivity index (χ1v) is 4.67. The van der Waals surface area contributed by atoms with Gasteiger partial charge in [-0.05, 0) is 0 Å². The highest BCUT2D eigenvalue weighted by Gasteiger charge is 2.27. The van der Waals surface area contributed by atoms with E-state index in [4.69, 9.17) is 10.5 Å². The average molecular weight is 239 g/mol. The van der Waals surface area contributed by atoms with Crippen LogP contribution < -0.4 is 5.73 Å². The lowest BCUT2D eigenvalue weighted by atomic mass is 10.3. The molecule has 1 aromatic rings. The van der Waals surface area contributed by atoms with Crippen LogP contribution in [0.3, 0.4) is 0 Å². The van der Waals surface area contributed by atoms with Gasteiger partial charge in [-0.2, -0.15) is 18.2 Å². The van der Waals surface area contributed by atoms with Crippen LogP contribution in [0.1, 0.15) is 18.1 Å². The minimum atomic E-state index is -4.21. The third-order valence-electron chi connectivity index (χ3n) is 1.63. The van der Waals surface area contributed by atoms with Crippen molar-refractivity contribution in [3.05, 3.63) is 11.7 Å². The molecular weight excluding hydrogens is 227 g/mol. The summed E-state index contributed by atoms with van der Waals surface area (Å²) < 4.78 is 45.3. The van der Waals surface area contributed by atoms with Gasteiger partial charge < -0.3 is 15.0 Å². The second-order valence-electron chi connectivity index (χ2n) is 3.06. The molecule has 16 heavy (non-hydrogen) atoms. The SMILES string of the molecule is NCCOCc1nc(CCC(F)(F)F)no1. The van der Waals surface area contributed by atoms with E-state index < -0.39 is 12.6 Å². The highest BCUT2D eigenvalue weighted by Crippen LogP contribution is 2.21. The molecule has 0 aliphatic rings. The van der Waals surface area contributed by atoms with Gasteiger partial charge in [0.25, 0.3) is 5.89 Å². The molecule has 1 aromatic heterocycles. The van der Waals surface area contributed by atoms with Crippen molar-refractivity contribution in [3.63, 3.8) is 0 Å². The van der Waals surface area contributed by atoms with E-state index in [2.05, 4.69) is 14.7 Å². The molecule has 1 rings (SSSR count). The maximum absolute atomic E-state index is 11.9. The summed E-state index contributed by atoms with van der Waals surface area (Å²) in [4.78, 5) is 3.74. The lowest BCUT2D eigenvalue weighted by molar-refractivity contribution is -0.134. The van der Waals surface area contributed by atoms with Gasteiger partial charge in [-0.1, -0.05) is 5.16 Å². The van der Waals surface area contributed by atoms with Crippen LogP contribution in [0.4, 0.5) is 13.2 Å². The number of nitrogens with zero attached hydrogens (tertiary/aromatic N) is 2. The lowest BCUT2D eigenvalue weighted by Crippen LogP contribution is -2.09. The molecule has 8 heteroatoms. The lowest BCUT2D eigenvalue weighted by Gasteiger charge is -2.01. The predicted molar refractivity (Wildman–Crippen MR) is 47.4 cm³/mol. The second kappa shape index (κ2) is 5.80. The summed E-state index contributed by atoms with van der Waals surface area (Å²) in [5, 5.41) is 3.40. The largest absolute Gasteiger partial charge is 0.389 e. The summed E-state index contributed by atoms with van der Waals surface area (Å²) in [6.45, 7) is 0.756. The van der Waals surface area contributed by atoms with Crippen molar-refractivity contribution < 1.29 is 22.4 Å². The fourth-order valence-corrected chi connectivity index (χ4v) is 0.947. The van der Waals surface area contributed by atoms with Gasteiger partial charge in [-0.3, -0.25) is 0 Å². The minimum Gasteiger partial charge on any atom is -0.370 e. The Hall–Kier alpha value is -1.15. The maximum Gasteiger partial charge on any atom is 0.389 e. The van der Waals surface area contributed by atoms with Gasteiger partial charge in [0.2, 0.25) is 0 Å². The highest BCUT2D eigenvalue weighted by molar-refractivity contribution is 4.85. The molecule has 0 bridgehead atoms. The van der Waals surface area contributed by atoms with Gasteiger partial charge in [0, 0.05) is 13.0 Å². The van der Waals surface area contributed by atoms with Crippen molar-refractivity contribution >= 4 is 0 Å². The Morgan fingerprint density at radius 3 is 2.75 bits per heavy atom. The van der Waals surface area contributed by atoms with Crippen LogP contribution >= 0.6 is 0 Å². The topological polar surface area (TPSA) is 74.2 Å². The zero-order valence-corrected chi connectivity index (χ0v) is 8.46. The Labute approximate surface area is 89.8 Å². The number of hydrogen-bond donors (Lipinski definition) is 1. The number of alkyl halides is 3. The quantitative estimate of drug-likeness (QED) is 0.751. The van der Waals surface area contributed by atoms with Gasteiger partial charge in [0.1, 0.15) is 6.61 Å². The van der Waals surface area contributed by atoms with Gasteiger partial charge >= 0.3 is 6.18 Å². The van der Waals surface area contributed by atoms with E-state index in [0.29, 0.717) is 13.2 Å². The van der Waals surface area contributed by atoms with Crippen molar-refractivity contribution in [1.82, 2.24) is 10.1 Å². The third kappa shape index (κ3) is 5.08. The molecule has 0 radical (unpaired) electrons. The van der Waals surface area contributed by atoms with Crippen LogP contribution in [0, 0.1) is 0 Å². The summed E-state index contributed by atoms with van der Waals surface area (Å²) >= 11 is 0. The first kappa shape index (κ1) is 12.9. The Balaban J connectivity index is 2.33. The molecule has 92 valence electrons. The molecule has 0 amide bonds. The van der Waals surface area contributed by atoms with E-state index in [9.17, 15) is 13.2 Å². The minimum absolute atomic E-state index is 0.0312.